The largest absolute Gasteiger partial charge is 0.386 e. The molecular weight excluding hydrogens is 252 g/mol. The number of imidazole rings is 1. The van der Waals surface area contributed by atoms with Crippen molar-refractivity contribution in [2.24, 2.45) is 7.05 Å². The summed E-state index contributed by atoms with van der Waals surface area (Å²) >= 11 is 6.18. The number of halogens is 1. The van der Waals surface area contributed by atoms with Crippen LogP contribution in [-0.4, -0.2) is 24.4 Å². The first-order valence-corrected chi connectivity index (χ1v) is 6.28. The van der Waals surface area contributed by atoms with Crippen molar-refractivity contribution in [2.45, 2.75) is 32.9 Å². The molecule has 2 rings (SSSR count). The monoisotopic (exact) mass is 268 g/mol. The van der Waals surface area contributed by atoms with E-state index in [9.17, 15) is 5.11 Å². The molecule has 0 bridgehead atoms. The highest BCUT2D eigenvalue weighted by Crippen LogP contribution is 2.25. The zero-order chi connectivity index (χ0) is 13.3. The molecule has 0 radical (unpaired) electrons. The van der Waals surface area contributed by atoms with Crippen LogP contribution in [0, 0.1) is 6.92 Å². The molecule has 0 amide bonds. The molecule has 0 aliphatic rings. The van der Waals surface area contributed by atoms with Crippen LogP contribution in [0.5, 0.6) is 0 Å². The first kappa shape index (κ1) is 13.1. The van der Waals surface area contributed by atoms with Crippen molar-refractivity contribution in [3.63, 3.8) is 0 Å². The molecule has 0 aromatic carbocycles. The molecule has 6 heteroatoms. The fourth-order valence-electron chi connectivity index (χ4n) is 2.06. The van der Waals surface area contributed by atoms with Crippen molar-refractivity contribution in [3.05, 3.63) is 34.6 Å². The van der Waals surface area contributed by atoms with Crippen LogP contribution in [-0.2, 0) is 20.0 Å². The highest BCUT2D eigenvalue weighted by molar-refractivity contribution is 6.31. The number of aliphatic hydroxyl groups excluding tert-OH is 1. The lowest BCUT2D eigenvalue weighted by Crippen LogP contribution is -2.11. The zero-order valence-corrected chi connectivity index (χ0v) is 11.5. The van der Waals surface area contributed by atoms with Crippen LogP contribution in [0.25, 0.3) is 0 Å². The van der Waals surface area contributed by atoms with Gasteiger partial charge < -0.3 is 9.67 Å². The quantitative estimate of drug-likeness (QED) is 0.921. The summed E-state index contributed by atoms with van der Waals surface area (Å²) in [5.41, 5.74) is 2.42. The lowest BCUT2D eigenvalue weighted by Gasteiger charge is -2.13. The number of hydrogen-bond donors (Lipinski definition) is 1. The lowest BCUT2D eigenvalue weighted by atomic mass is 10.1. The molecule has 1 atom stereocenters. The molecule has 0 aliphatic heterocycles. The summed E-state index contributed by atoms with van der Waals surface area (Å²) in [6.45, 7) is 4.65. The van der Waals surface area contributed by atoms with Crippen LogP contribution in [0.15, 0.2) is 12.5 Å². The second-order valence-corrected chi connectivity index (χ2v) is 4.67. The normalized spacial score (nSPS) is 12.9. The first-order valence-electron chi connectivity index (χ1n) is 5.90. The Hall–Kier alpha value is -1.33. The predicted molar refractivity (Wildman–Crippen MR) is 69.5 cm³/mol. The van der Waals surface area contributed by atoms with Gasteiger partial charge in [-0.15, -0.1) is 0 Å². The van der Waals surface area contributed by atoms with Crippen LogP contribution < -0.4 is 0 Å². The van der Waals surface area contributed by atoms with Crippen molar-refractivity contribution in [3.8, 4) is 0 Å². The van der Waals surface area contributed by atoms with Crippen molar-refractivity contribution in [1.29, 1.82) is 0 Å². The highest BCUT2D eigenvalue weighted by Gasteiger charge is 2.18. The van der Waals surface area contributed by atoms with E-state index < -0.39 is 6.10 Å². The van der Waals surface area contributed by atoms with E-state index in [2.05, 4.69) is 10.1 Å². The summed E-state index contributed by atoms with van der Waals surface area (Å²) in [7, 11) is 1.83. The summed E-state index contributed by atoms with van der Waals surface area (Å²) in [5, 5.41) is 15.1. The van der Waals surface area contributed by atoms with E-state index in [-0.39, 0.29) is 0 Å². The maximum absolute atomic E-state index is 10.3. The Morgan fingerprint density at radius 3 is 2.78 bits per heavy atom. The molecule has 2 aromatic heterocycles. The van der Waals surface area contributed by atoms with Gasteiger partial charge >= 0.3 is 0 Å². The molecule has 0 saturated heterocycles. The molecule has 0 saturated carbocycles. The number of nitrogens with zero attached hydrogens (tertiary/aromatic N) is 4. The van der Waals surface area contributed by atoms with E-state index in [0.29, 0.717) is 11.4 Å². The first-order chi connectivity index (χ1) is 8.54. The number of aliphatic hydroxyl groups is 1. The molecule has 0 spiro atoms. The van der Waals surface area contributed by atoms with Gasteiger partial charge in [-0.05, 0) is 13.8 Å². The average Bonchev–Trinajstić information content (AvgIpc) is 2.90. The van der Waals surface area contributed by atoms with Gasteiger partial charge in [-0.1, -0.05) is 11.6 Å². The van der Waals surface area contributed by atoms with Gasteiger partial charge in [-0.25, -0.2) is 4.98 Å². The van der Waals surface area contributed by atoms with Gasteiger partial charge in [0.1, 0.15) is 6.10 Å². The van der Waals surface area contributed by atoms with Gasteiger partial charge in [0, 0.05) is 20.0 Å². The Balaban J connectivity index is 2.24. The highest BCUT2D eigenvalue weighted by atomic mass is 35.5. The predicted octanol–water partition coefficient (Wildman–Crippen LogP) is 1.87. The molecule has 1 unspecified atom stereocenters. The number of aromatic nitrogens is 4. The number of aryl methyl sites for hydroxylation is 3. The van der Waals surface area contributed by atoms with Gasteiger partial charge in [0.05, 0.1) is 34.6 Å². The Bertz CT molecular complexity index is 546. The van der Waals surface area contributed by atoms with Gasteiger partial charge in [0.25, 0.3) is 0 Å². The van der Waals surface area contributed by atoms with Crippen LogP contribution >= 0.6 is 11.6 Å². The molecule has 0 aliphatic carbocycles. The van der Waals surface area contributed by atoms with Gasteiger partial charge in [0.2, 0.25) is 0 Å². The van der Waals surface area contributed by atoms with E-state index in [1.807, 2.05) is 25.5 Å². The molecule has 18 heavy (non-hydrogen) atoms. The maximum atomic E-state index is 10.3. The fraction of sp³-hybridized carbons (Fsp3) is 0.500. The third-order valence-corrected chi connectivity index (χ3v) is 3.57. The summed E-state index contributed by atoms with van der Waals surface area (Å²) in [5.74, 6) is 0. The third-order valence-electron chi connectivity index (χ3n) is 3.07. The summed E-state index contributed by atoms with van der Waals surface area (Å²) < 4.78 is 3.63. The Morgan fingerprint density at radius 2 is 2.22 bits per heavy atom. The summed E-state index contributed by atoms with van der Waals surface area (Å²) in [4.78, 5) is 4.05. The van der Waals surface area contributed by atoms with Gasteiger partial charge in [0.15, 0.2) is 0 Å². The van der Waals surface area contributed by atoms with E-state index in [0.717, 1.165) is 23.6 Å². The van der Waals surface area contributed by atoms with Crippen LogP contribution in [0.2, 0.25) is 5.02 Å². The SMILES string of the molecule is CCn1cncc1C(O)Cc1c(Cl)c(C)nn1C. The smallest absolute Gasteiger partial charge is 0.101 e. The van der Waals surface area contributed by atoms with E-state index in [4.69, 9.17) is 11.6 Å². The molecule has 2 aromatic rings. The minimum atomic E-state index is -0.625. The van der Waals surface area contributed by atoms with E-state index in [1.54, 1.807) is 17.2 Å². The maximum Gasteiger partial charge on any atom is 0.101 e. The summed E-state index contributed by atoms with van der Waals surface area (Å²) in [6.07, 6.45) is 3.21. The van der Waals surface area contributed by atoms with Crippen molar-refractivity contribution < 1.29 is 5.11 Å². The molecule has 2 heterocycles. The van der Waals surface area contributed by atoms with E-state index in [1.165, 1.54) is 0 Å². The Morgan fingerprint density at radius 1 is 1.50 bits per heavy atom. The topological polar surface area (TPSA) is 55.9 Å². The molecule has 1 N–H and O–H groups in total. The molecule has 0 fully saturated rings. The second-order valence-electron chi connectivity index (χ2n) is 4.29. The molecule has 98 valence electrons. The minimum Gasteiger partial charge on any atom is -0.386 e. The fourth-order valence-corrected chi connectivity index (χ4v) is 2.30. The lowest BCUT2D eigenvalue weighted by molar-refractivity contribution is 0.166. The van der Waals surface area contributed by atoms with Gasteiger partial charge in [-0.3, -0.25) is 4.68 Å². The second kappa shape index (κ2) is 5.12. The van der Waals surface area contributed by atoms with Crippen LogP contribution in [0.3, 0.4) is 0 Å². The van der Waals surface area contributed by atoms with Gasteiger partial charge in [-0.2, -0.15) is 5.10 Å². The molecule has 5 nitrogen and oxygen atoms in total. The molecular formula is C12H17ClN4O. The summed E-state index contributed by atoms with van der Waals surface area (Å²) in [6, 6.07) is 0. The van der Waals surface area contributed by atoms with E-state index >= 15 is 0 Å². The van der Waals surface area contributed by atoms with Crippen LogP contribution in [0.4, 0.5) is 0 Å². The Kier molecular flexibility index (Phi) is 3.73. The Labute approximate surface area is 111 Å². The number of hydrogen-bond acceptors (Lipinski definition) is 3. The van der Waals surface area contributed by atoms with Crippen molar-refractivity contribution in [1.82, 2.24) is 19.3 Å². The standard InChI is InChI=1S/C12H17ClN4O/c1-4-17-7-14-6-10(17)11(18)5-9-12(13)8(2)15-16(9)3/h6-7,11,18H,4-5H2,1-3H3. The minimum absolute atomic E-state index is 0.432. The average molecular weight is 269 g/mol. The van der Waals surface area contributed by atoms with Crippen molar-refractivity contribution in [2.75, 3.05) is 0 Å². The van der Waals surface area contributed by atoms with Crippen molar-refractivity contribution >= 4 is 11.6 Å². The zero-order valence-electron chi connectivity index (χ0n) is 10.8. The number of rotatable bonds is 4. The third kappa shape index (κ3) is 2.28. The van der Waals surface area contributed by atoms with Crippen LogP contribution in [0.1, 0.15) is 30.1 Å².